The minimum Gasteiger partial charge on any atom is -0.378 e. The average Bonchev–Trinajstić information content (AvgIpc) is 3.71. The monoisotopic (exact) mass is 508 g/mol. The summed E-state index contributed by atoms with van der Waals surface area (Å²) in [5.41, 5.74) is 0. The highest BCUT2D eigenvalue weighted by molar-refractivity contribution is 9.11. The van der Waals surface area contributed by atoms with Crippen LogP contribution in [-0.2, 0) is 4.79 Å². The van der Waals surface area contributed by atoms with Crippen LogP contribution < -0.4 is 5.32 Å². The summed E-state index contributed by atoms with van der Waals surface area (Å²) in [5.74, 6) is 1.79. The van der Waals surface area contributed by atoms with Crippen molar-refractivity contribution in [3.05, 3.63) is 22.7 Å². The van der Waals surface area contributed by atoms with Gasteiger partial charge in [-0.3, -0.25) is 14.7 Å². The number of likely N-dealkylation sites (tertiary alicyclic amines) is 1. The van der Waals surface area contributed by atoms with E-state index in [2.05, 4.69) is 36.1 Å². The number of allylic oxidation sites excluding steroid dienone is 3. The van der Waals surface area contributed by atoms with Crippen LogP contribution in [0.4, 0.5) is 0 Å². The first-order valence-corrected chi connectivity index (χ1v) is 13.1. The van der Waals surface area contributed by atoms with Crippen LogP contribution in [0.25, 0.3) is 0 Å². The maximum absolute atomic E-state index is 11.5. The molecule has 0 amide bonds. The van der Waals surface area contributed by atoms with Gasteiger partial charge in [-0.05, 0) is 52.1 Å². The van der Waals surface area contributed by atoms with Crippen molar-refractivity contribution >= 4 is 34.3 Å². The van der Waals surface area contributed by atoms with Gasteiger partial charge in [-0.15, -0.1) is 0 Å². The Morgan fingerprint density at radius 2 is 1.91 bits per heavy atom. The van der Waals surface area contributed by atoms with E-state index in [0.717, 1.165) is 49.9 Å². The van der Waals surface area contributed by atoms with Gasteiger partial charge in [-0.25, -0.2) is 4.99 Å². The second kappa shape index (κ2) is 14.9. The Morgan fingerprint density at radius 1 is 1.22 bits per heavy atom. The maximum atomic E-state index is 11.5. The standard InChI is InChI=1S/C14H20BrN3O.C9H15NO.C2H6/c1-2-12(15)4-3-5-14(19)18-7-6-13-11(9-18)8-16-10-17-13;11-9(7-1-2-7)8-3-5-10-6-4-8;1-2/h2-4,8,10-11,13-14,19H,5-7,9H2,1H3;7-8,10H,1-6H2;1-2H3/b4-3-,12-2+;;. The SMILES string of the molecule is C/C=C(Br)\C=C/CC(O)N1CCC2N=CN=CC2C1.CC.O=C(C1CCNCC1)C1CC1. The van der Waals surface area contributed by atoms with Gasteiger partial charge in [0.05, 0.1) is 6.04 Å². The zero-order valence-electron chi connectivity index (χ0n) is 19.9. The molecule has 0 bridgehead atoms. The minimum atomic E-state index is -0.423. The number of aliphatic hydroxyl groups is 1. The smallest absolute Gasteiger partial charge is 0.139 e. The van der Waals surface area contributed by atoms with Crippen molar-refractivity contribution in [2.45, 2.75) is 71.6 Å². The molecular formula is C25H41BrN4O2. The van der Waals surface area contributed by atoms with Crippen LogP contribution >= 0.6 is 15.9 Å². The zero-order valence-corrected chi connectivity index (χ0v) is 21.5. The fourth-order valence-electron chi connectivity index (χ4n) is 4.23. The second-order valence-electron chi connectivity index (χ2n) is 8.57. The highest BCUT2D eigenvalue weighted by Crippen LogP contribution is 2.34. The zero-order chi connectivity index (χ0) is 23.3. The molecule has 7 heteroatoms. The Balaban J connectivity index is 0.000000236. The first kappa shape index (κ1) is 27.1. The van der Waals surface area contributed by atoms with E-state index in [1.807, 2.05) is 45.2 Å². The number of piperidine rings is 2. The molecule has 3 atom stereocenters. The summed E-state index contributed by atoms with van der Waals surface area (Å²) >= 11 is 3.41. The lowest BCUT2D eigenvalue weighted by atomic mass is 9.91. The molecule has 0 aromatic carbocycles. The highest BCUT2D eigenvalue weighted by Gasteiger charge is 2.35. The van der Waals surface area contributed by atoms with Crippen molar-refractivity contribution < 1.29 is 9.90 Å². The number of fused-ring (bicyclic) bond motifs is 1. The quantitative estimate of drug-likeness (QED) is 0.523. The van der Waals surface area contributed by atoms with Crippen LogP contribution in [0.2, 0.25) is 0 Å². The maximum Gasteiger partial charge on any atom is 0.139 e. The molecular weight excluding hydrogens is 468 g/mol. The third kappa shape index (κ3) is 9.00. The molecule has 3 aliphatic heterocycles. The summed E-state index contributed by atoms with van der Waals surface area (Å²) in [6.07, 6.45) is 15.3. The summed E-state index contributed by atoms with van der Waals surface area (Å²) < 4.78 is 1.03. The molecule has 0 spiro atoms. The van der Waals surface area contributed by atoms with E-state index < -0.39 is 6.23 Å². The average molecular weight is 510 g/mol. The van der Waals surface area contributed by atoms with Crippen molar-refractivity contribution in [1.29, 1.82) is 0 Å². The molecule has 3 heterocycles. The lowest BCUT2D eigenvalue weighted by molar-refractivity contribution is -0.124. The predicted octanol–water partition coefficient (Wildman–Crippen LogP) is 4.34. The molecule has 3 fully saturated rings. The number of rotatable bonds is 6. The van der Waals surface area contributed by atoms with Gasteiger partial charge >= 0.3 is 0 Å². The van der Waals surface area contributed by atoms with E-state index in [-0.39, 0.29) is 0 Å². The number of hydrogen-bond acceptors (Lipinski definition) is 6. The Bertz CT molecular complexity index is 681. The number of carbonyl (C=O) groups excluding carboxylic acids is 1. The normalized spacial score (nSPS) is 27.1. The van der Waals surface area contributed by atoms with Crippen molar-refractivity contribution in [2.24, 2.45) is 27.7 Å². The topological polar surface area (TPSA) is 77.3 Å². The molecule has 0 aromatic rings. The number of carbonyl (C=O) groups is 1. The summed E-state index contributed by atoms with van der Waals surface area (Å²) in [4.78, 5) is 22.1. The number of Topliss-reactive ketones (excluding diaryl/α,β-unsaturated/α-hetero) is 1. The molecule has 3 unspecified atom stereocenters. The van der Waals surface area contributed by atoms with Crippen LogP contribution in [0.1, 0.15) is 59.3 Å². The molecule has 1 aliphatic carbocycles. The van der Waals surface area contributed by atoms with E-state index in [1.54, 1.807) is 6.34 Å². The van der Waals surface area contributed by atoms with Gasteiger partial charge in [0.25, 0.3) is 0 Å². The fourth-order valence-corrected chi connectivity index (χ4v) is 4.41. The van der Waals surface area contributed by atoms with Gasteiger partial charge in [-0.2, -0.15) is 0 Å². The highest BCUT2D eigenvalue weighted by atomic mass is 79.9. The van der Waals surface area contributed by atoms with Crippen LogP contribution in [0.15, 0.2) is 32.7 Å². The number of nitrogens with one attached hydrogen (secondary N) is 1. The van der Waals surface area contributed by atoms with E-state index >= 15 is 0 Å². The number of ketones is 1. The van der Waals surface area contributed by atoms with Gasteiger partial charge in [0.1, 0.15) is 18.3 Å². The fraction of sp³-hybridized carbons (Fsp3) is 0.720. The van der Waals surface area contributed by atoms with Crippen LogP contribution in [0.3, 0.4) is 0 Å². The third-order valence-corrected chi connectivity index (χ3v) is 7.02. The molecule has 1 saturated carbocycles. The van der Waals surface area contributed by atoms with E-state index in [4.69, 9.17) is 0 Å². The Hall–Kier alpha value is -1.15. The van der Waals surface area contributed by atoms with Gasteiger partial charge in [0.2, 0.25) is 0 Å². The van der Waals surface area contributed by atoms with E-state index in [9.17, 15) is 9.90 Å². The molecule has 2 saturated heterocycles. The Kier molecular flexibility index (Phi) is 12.6. The van der Waals surface area contributed by atoms with Crippen LogP contribution in [-0.4, -0.2) is 66.8 Å². The number of aliphatic hydroxyl groups excluding tert-OH is 1. The summed E-state index contributed by atoms with van der Waals surface area (Å²) in [5, 5.41) is 13.5. The molecule has 2 N–H and O–H groups in total. The van der Waals surface area contributed by atoms with Crippen molar-refractivity contribution in [1.82, 2.24) is 10.2 Å². The molecule has 32 heavy (non-hydrogen) atoms. The summed E-state index contributed by atoms with van der Waals surface area (Å²) in [6.45, 7) is 9.79. The largest absolute Gasteiger partial charge is 0.378 e. The number of nitrogens with zero attached hydrogens (tertiary/aromatic N) is 3. The van der Waals surface area contributed by atoms with Crippen molar-refractivity contribution in [3.8, 4) is 0 Å². The molecule has 6 nitrogen and oxygen atoms in total. The predicted molar refractivity (Wildman–Crippen MR) is 138 cm³/mol. The third-order valence-electron chi connectivity index (χ3n) is 6.30. The second-order valence-corrected chi connectivity index (χ2v) is 9.49. The lowest BCUT2D eigenvalue weighted by Crippen LogP contribution is -2.48. The molecule has 0 aromatic heterocycles. The lowest BCUT2D eigenvalue weighted by Gasteiger charge is -2.38. The number of aliphatic imine (C=N–C) groups is 2. The van der Waals surface area contributed by atoms with Crippen molar-refractivity contribution in [3.63, 3.8) is 0 Å². The van der Waals surface area contributed by atoms with Gasteiger partial charge < -0.3 is 10.4 Å². The molecule has 180 valence electrons. The van der Waals surface area contributed by atoms with E-state index in [1.165, 1.54) is 12.8 Å². The minimum absolute atomic E-state index is 0.347. The van der Waals surface area contributed by atoms with Crippen LogP contribution in [0.5, 0.6) is 0 Å². The van der Waals surface area contributed by atoms with Gasteiger partial charge in [-0.1, -0.05) is 48.0 Å². The Morgan fingerprint density at radius 3 is 2.56 bits per heavy atom. The van der Waals surface area contributed by atoms with Crippen molar-refractivity contribution in [2.75, 3.05) is 26.2 Å². The first-order valence-electron chi connectivity index (χ1n) is 12.3. The Labute approximate surface area is 202 Å². The number of halogens is 1. The number of hydrogen-bond donors (Lipinski definition) is 2. The van der Waals surface area contributed by atoms with E-state index in [0.29, 0.717) is 36.0 Å². The molecule has 4 rings (SSSR count). The summed E-state index contributed by atoms with van der Waals surface area (Å²) in [6, 6.07) is 0.355. The van der Waals surface area contributed by atoms with Gasteiger partial charge in [0, 0.05) is 48.0 Å². The first-order chi connectivity index (χ1) is 15.6. The van der Waals surface area contributed by atoms with Crippen LogP contribution in [0, 0.1) is 17.8 Å². The summed E-state index contributed by atoms with van der Waals surface area (Å²) in [7, 11) is 0. The molecule has 0 radical (unpaired) electrons. The molecule has 4 aliphatic rings. The van der Waals surface area contributed by atoms with Gasteiger partial charge in [0.15, 0.2) is 0 Å².